The summed E-state index contributed by atoms with van der Waals surface area (Å²) >= 11 is 0. The van der Waals surface area contributed by atoms with Gasteiger partial charge in [-0.3, -0.25) is 14.2 Å². The molecule has 1 aromatic carbocycles. The summed E-state index contributed by atoms with van der Waals surface area (Å²) in [4.78, 5) is 25.6. The van der Waals surface area contributed by atoms with Gasteiger partial charge in [-0.2, -0.15) is 0 Å². The third-order valence-corrected chi connectivity index (χ3v) is 4.24. The highest BCUT2D eigenvalue weighted by molar-refractivity contribution is 6.03. The van der Waals surface area contributed by atoms with Gasteiger partial charge in [-0.1, -0.05) is 0 Å². The summed E-state index contributed by atoms with van der Waals surface area (Å²) in [5.74, 6) is 1.30. The molecule has 0 aliphatic rings. The first-order chi connectivity index (χ1) is 14.2. The molecule has 0 unspecified atom stereocenters. The van der Waals surface area contributed by atoms with E-state index >= 15 is 0 Å². The van der Waals surface area contributed by atoms with E-state index in [0.717, 1.165) is 11.0 Å². The van der Waals surface area contributed by atoms with E-state index in [0.29, 0.717) is 36.2 Å². The number of methoxy groups -OCH3 is 2. The van der Waals surface area contributed by atoms with Gasteiger partial charge in [0.1, 0.15) is 23.8 Å². The van der Waals surface area contributed by atoms with E-state index < -0.39 is 0 Å². The Kier molecular flexibility index (Phi) is 5.21. The van der Waals surface area contributed by atoms with Crippen LogP contribution in [0.2, 0.25) is 0 Å². The van der Waals surface area contributed by atoms with Gasteiger partial charge in [0, 0.05) is 25.4 Å². The molecule has 0 atom stereocenters. The number of hydrogen-bond donors (Lipinski definition) is 1. The van der Waals surface area contributed by atoms with Crippen LogP contribution >= 0.6 is 0 Å². The normalized spacial score (nSPS) is 11.0. The second kappa shape index (κ2) is 8.11. The van der Waals surface area contributed by atoms with Crippen molar-refractivity contribution in [1.29, 1.82) is 0 Å². The van der Waals surface area contributed by atoms with Gasteiger partial charge in [-0.25, -0.2) is 9.97 Å². The average molecular weight is 393 g/mol. The maximum absolute atomic E-state index is 12.6. The Balaban J connectivity index is 1.55. The Bertz CT molecular complexity index is 1170. The van der Waals surface area contributed by atoms with Gasteiger partial charge < -0.3 is 19.5 Å². The third kappa shape index (κ3) is 3.94. The number of imidazole rings is 1. The molecule has 0 spiro atoms. The number of nitrogens with zero attached hydrogens (tertiary/aromatic N) is 4. The largest absolute Gasteiger partial charge is 0.497 e. The van der Waals surface area contributed by atoms with Crippen LogP contribution in [0.4, 0.5) is 5.69 Å². The molecular formula is C20H19N5O4. The van der Waals surface area contributed by atoms with E-state index in [1.807, 2.05) is 22.6 Å². The van der Waals surface area contributed by atoms with Gasteiger partial charge >= 0.3 is 0 Å². The lowest BCUT2D eigenvalue weighted by molar-refractivity contribution is 0.102. The summed E-state index contributed by atoms with van der Waals surface area (Å²) < 4.78 is 17.5. The van der Waals surface area contributed by atoms with Crippen LogP contribution in [0.15, 0.2) is 48.9 Å². The van der Waals surface area contributed by atoms with Crippen molar-refractivity contribution in [3.8, 4) is 11.5 Å². The molecule has 29 heavy (non-hydrogen) atoms. The van der Waals surface area contributed by atoms with Crippen molar-refractivity contribution in [3.05, 3.63) is 54.6 Å². The smallest absolute Gasteiger partial charge is 0.274 e. The lowest BCUT2D eigenvalue weighted by atomic mass is 10.3. The van der Waals surface area contributed by atoms with Gasteiger partial charge in [0.2, 0.25) is 5.78 Å². The molecular weight excluding hydrogens is 374 g/mol. The number of fused-ring (bicyclic) bond motifs is 3. The van der Waals surface area contributed by atoms with Gasteiger partial charge in [-0.05, 0) is 18.2 Å². The number of rotatable bonds is 7. The maximum Gasteiger partial charge on any atom is 0.274 e. The number of hydrogen-bond acceptors (Lipinski definition) is 7. The molecule has 0 saturated heterocycles. The zero-order chi connectivity index (χ0) is 20.2. The molecule has 3 aromatic heterocycles. The molecule has 0 bridgehead atoms. The van der Waals surface area contributed by atoms with Gasteiger partial charge in [-0.15, -0.1) is 0 Å². The van der Waals surface area contributed by atoms with Crippen LogP contribution < -0.4 is 14.8 Å². The van der Waals surface area contributed by atoms with Crippen LogP contribution in [0.3, 0.4) is 0 Å². The molecule has 1 amide bonds. The highest BCUT2D eigenvalue weighted by atomic mass is 16.5. The third-order valence-electron chi connectivity index (χ3n) is 4.24. The molecule has 3 heterocycles. The number of nitrogens with one attached hydrogen (secondary N) is 1. The number of amides is 1. The predicted molar refractivity (Wildman–Crippen MR) is 107 cm³/mol. The van der Waals surface area contributed by atoms with Crippen molar-refractivity contribution in [2.24, 2.45) is 0 Å². The van der Waals surface area contributed by atoms with Crippen molar-refractivity contribution in [2.75, 3.05) is 32.8 Å². The maximum atomic E-state index is 12.6. The SMILES string of the molecule is COCCOc1cncc(NC(=O)c2ccn3c(n2)nc2cc(OC)ccc23)c1. The highest BCUT2D eigenvalue weighted by Crippen LogP contribution is 2.21. The number of ether oxygens (including phenoxy) is 3. The molecule has 0 saturated carbocycles. The molecule has 0 radical (unpaired) electrons. The standard InChI is InChI=1S/C20H19N5O4/c1-27-7-8-29-15-9-13(11-21-12-15)22-19(26)16-5-6-25-18-4-3-14(28-2)10-17(18)24-20(25)23-16/h3-6,9-12H,7-8H2,1-2H3,(H,22,26). The Morgan fingerprint density at radius 3 is 2.79 bits per heavy atom. The molecule has 4 rings (SSSR count). The summed E-state index contributed by atoms with van der Waals surface area (Å²) in [6, 6.07) is 8.90. The lowest BCUT2D eigenvalue weighted by Gasteiger charge is -2.08. The molecule has 9 heteroatoms. The monoisotopic (exact) mass is 393 g/mol. The first-order valence-electron chi connectivity index (χ1n) is 8.89. The van der Waals surface area contributed by atoms with E-state index in [9.17, 15) is 4.79 Å². The first-order valence-corrected chi connectivity index (χ1v) is 8.89. The zero-order valence-corrected chi connectivity index (χ0v) is 16.0. The first kappa shape index (κ1) is 18.6. The van der Waals surface area contributed by atoms with E-state index in [4.69, 9.17) is 14.2 Å². The zero-order valence-electron chi connectivity index (χ0n) is 16.0. The second-order valence-electron chi connectivity index (χ2n) is 6.15. The minimum Gasteiger partial charge on any atom is -0.497 e. The fourth-order valence-electron chi connectivity index (χ4n) is 2.84. The van der Waals surface area contributed by atoms with Crippen LogP contribution in [0.5, 0.6) is 11.5 Å². The van der Waals surface area contributed by atoms with E-state index in [2.05, 4.69) is 20.3 Å². The minimum absolute atomic E-state index is 0.241. The summed E-state index contributed by atoms with van der Waals surface area (Å²) in [6.07, 6.45) is 4.87. The quantitative estimate of drug-likeness (QED) is 0.482. The van der Waals surface area contributed by atoms with Crippen molar-refractivity contribution in [2.45, 2.75) is 0 Å². The number of aromatic nitrogens is 4. The number of carbonyl (C=O) groups excluding carboxylic acids is 1. The van der Waals surface area contributed by atoms with E-state index in [1.54, 1.807) is 38.7 Å². The van der Waals surface area contributed by atoms with Crippen molar-refractivity contribution in [1.82, 2.24) is 19.4 Å². The summed E-state index contributed by atoms with van der Waals surface area (Å²) in [5.41, 5.74) is 2.36. The lowest BCUT2D eigenvalue weighted by Crippen LogP contribution is -2.14. The Labute approximate surface area is 166 Å². The van der Waals surface area contributed by atoms with Gasteiger partial charge in [0.05, 0.1) is 42.8 Å². The molecule has 148 valence electrons. The molecule has 9 nitrogen and oxygen atoms in total. The van der Waals surface area contributed by atoms with Crippen LogP contribution in [-0.2, 0) is 4.74 Å². The summed E-state index contributed by atoms with van der Waals surface area (Å²) in [7, 11) is 3.20. The minimum atomic E-state index is -0.368. The van der Waals surface area contributed by atoms with Crippen LogP contribution in [0.1, 0.15) is 10.5 Å². The summed E-state index contributed by atoms with van der Waals surface area (Å²) in [5, 5.41) is 2.77. The summed E-state index contributed by atoms with van der Waals surface area (Å²) in [6.45, 7) is 0.858. The highest BCUT2D eigenvalue weighted by Gasteiger charge is 2.13. The average Bonchev–Trinajstić information content (AvgIpc) is 3.11. The van der Waals surface area contributed by atoms with Crippen molar-refractivity contribution < 1.29 is 19.0 Å². The van der Waals surface area contributed by atoms with Crippen molar-refractivity contribution in [3.63, 3.8) is 0 Å². The number of anilines is 1. The number of benzene rings is 1. The van der Waals surface area contributed by atoms with Gasteiger partial charge in [0.15, 0.2) is 0 Å². The molecule has 1 N–H and O–H groups in total. The van der Waals surface area contributed by atoms with Crippen molar-refractivity contribution >= 4 is 28.4 Å². The van der Waals surface area contributed by atoms with Crippen LogP contribution in [0, 0.1) is 0 Å². The van der Waals surface area contributed by atoms with Crippen LogP contribution in [0.25, 0.3) is 16.8 Å². The Morgan fingerprint density at radius 1 is 1.07 bits per heavy atom. The Hall–Kier alpha value is -3.72. The predicted octanol–water partition coefficient (Wildman–Crippen LogP) is 2.56. The number of carbonyl (C=O) groups is 1. The second-order valence-corrected chi connectivity index (χ2v) is 6.15. The number of pyridine rings is 1. The molecule has 4 aromatic rings. The van der Waals surface area contributed by atoms with Crippen LogP contribution in [-0.4, -0.2) is 52.7 Å². The van der Waals surface area contributed by atoms with E-state index in [1.165, 1.54) is 6.20 Å². The fourth-order valence-corrected chi connectivity index (χ4v) is 2.84. The Morgan fingerprint density at radius 2 is 1.97 bits per heavy atom. The van der Waals surface area contributed by atoms with Gasteiger partial charge in [0.25, 0.3) is 5.91 Å². The van der Waals surface area contributed by atoms with E-state index in [-0.39, 0.29) is 11.6 Å². The fraction of sp³-hybridized carbons (Fsp3) is 0.200. The molecule has 0 fully saturated rings. The molecule has 0 aliphatic carbocycles. The molecule has 0 aliphatic heterocycles. The topological polar surface area (TPSA) is 99.9 Å².